The third kappa shape index (κ3) is 4.69. The van der Waals surface area contributed by atoms with Crippen LogP contribution in [-0.2, 0) is 11.2 Å². The molecule has 128 valence electrons. The average Bonchev–Trinajstić information content (AvgIpc) is 2.61. The van der Waals surface area contributed by atoms with E-state index in [0.717, 1.165) is 37.9 Å². The smallest absolute Gasteiger partial charge is 0.118 e. The molecule has 2 heterocycles. The van der Waals surface area contributed by atoms with Crippen LogP contribution in [0.4, 0.5) is 0 Å². The Morgan fingerprint density at radius 1 is 1.13 bits per heavy atom. The zero-order valence-electron chi connectivity index (χ0n) is 14.5. The molecule has 4 heteroatoms. The normalized spacial score (nSPS) is 24.7. The topological polar surface area (TPSA) is 24.9 Å². The highest BCUT2D eigenvalue weighted by atomic mass is 16.5. The van der Waals surface area contributed by atoms with Crippen molar-refractivity contribution < 1.29 is 9.47 Å². The summed E-state index contributed by atoms with van der Waals surface area (Å²) in [4.78, 5) is 5.26. The second-order valence-corrected chi connectivity index (χ2v) is 6.85. The zero-order valence-corrected chi connectivity index (χ0v) is 14.5. The molecule has 1 aromatic rings. The number of nitrogens with zero attached hydrogens (tertiary/aromatic N) is 2. The van der Waals surface area contributed by atoms with Gasteiger partial charge in [0.2, 0.25) is 0 Å². The van der Waals surface area contributed by atoms with Crippen LogP contribution in [0, 0.1) is 0 Å². The summed E-state index contributed by atoms with van der Waals surface area (Å²) in [5.74, 6) is 0.939. The Kier molecular flexibility index (Phi) is 5.92. The fourth-order valence-electron chi connectivity index (χ4n) is 3.76. The van der Waals surface area contributed by atoms with Crippen molar-refractivity contribution in [2.45, 2.75) is 38.3 Å². The van der Waals surface area contributed by atoms with Gasteiger partial charge in [0.1, 0.15) is 5.75 Å². The van der Waals surface area contributed by atoms with Crippen molar-refractivity contribution in [3.63, 3.8) is 0 Å². The van der Waals surface area contributed by atoms with Gasteiger partial charge in [-0.2, -0.15) is 0 Å². The minimum atomic E-state index is 0.400. The first kappa shape index (κ1) is 16.7. The molecular weight excluding hydrogens is 288 g/mol. The van der Waals surface area contributed by atoms with Gasteiger partial charge in [0, 0.05) is 25.7 Å². The molecule has 2 aliphatic heterocycles. The van der Waals surface area contributed by atoms with Crippen molar-refractivity contribution in [3.8, 4) is 5.75 Å². The number of ether oxygens (including phenoxy) is 2. The SMILES string of the molecule is COc1ccc(CCN2CCC(N3CCOC(C)C3)CC2)cc1. The number of rotatable bonds is 5. The van der Waals surface area contributed by atoms with Crippen molar-refractivity contribution in [1.82, 2.24) is 9.80 Å². The van der Waals surface area contributed by atoms with E-state index >= 15 is 0 Å². The molecule has 0 spiro atoms. The largest absolute Gasteiger partial charge is 0.497 e. The second kappa shape index (κ2) is 8.13. The fraction of sp³-hybridized carbons (Fsp3) is 0.684. The van der Waals surface area contributed by atoms with Gasteiger partial charge in [0.05, 0.1) is 19.8 Å². The number of benzene rings is 1. The highest BCUT2D eigenvalue weighted by molar-refractivity contribution is 5.27. The van der Waals surface area contributed by atoms with Gasteiger partial charge in [-0.05, 0) is 57.0 Å². The molecule has 2 saturated heterocycles. The van der Waals surface area contributed by atoms with Crippen molar-refractivity contribution in [1.29, 1.82) is 0 Å². The predicted molar refractivity (Wildman–Crippen MR) is 93.1 cm³/mol. The Bertz CT molecular complexity index is 469. The molecule has 4 nitrogen and oxygen atoms in total. The van der Waals surface area contributed by atoms with Crippen LogP contribution in [-0.4, -0.2) is 68.4 Å². The maximum absolute atomic E-state index is 5.66. The molecule has 3 rings (SSSR count). The number of piperidine rings is 1. The number of hydrogen-bond donors (Lipinski definition) is 0. The van der Waals surface area contributed by atoms with E-state index in [2.05, 4.69) is 41.0 Å². The Morgan fingerprint density at radius 3 is 2.52 bits per heavy atom. The van der Waals surface area contributed by atoms with E-state index in [-0.39, 0.29) is 0 Å². The van der Waals surface area contributed by atoms with Crippen LogP contribution >= 0.6 is 0 Å². The van der Waals surface area contributed by atoms with Crippen molar-refractivity contribution in [3.05, 3.63) is 29.8 Å². The number of methoxy groups -OCH3 is 1. The van der Waals surface area contributed by atoms with Crippen molar-refractivity contribution in [2.24, 2.45) is 0 Å². The first-order valence-corrected chi connectivity index (χ1v) is 8.95. The molecule has 1 aromatic carbocycles. The maximum atomic E-state index is 5.66. The Hall–Kier alpha value is -1.10. The molecule has 2 fully saturated rings. The van der Waals surface area contributed by atoms with Crippen LogP contribution in [0.15, 0.2) is 24.3 Å². The molecule has 0 saturated carbocycles. The van der Waals surface area contributed by atoms with E-state index in [1.54, 1.807) is 7.11 Å². The Labute approximate surface area is 140 Å². The van der Waals surface area contributed by atoms with Gasteiger partial charge < -0.3 is 14.4 Å². The third-order valence-corrected chi connectivity index (χ3v) is 5.22. The van der Waals surface area contributed by atoms with Gasteiger partial charge in [-0.1, -0.05) is 12.1 Å². The zero-order chi connectivity index (χ0) is 16.1. The molecule has 1 unspecified atom stereocenters. The summed E-state index contributed by atoms with van der Waals surface area (Å²) in [5, 5.41) is 0. The summed E-state index contributed by atoms with van der Waals surface area (Å²) in [7, 11) is 1.72. The van der Waals surface area contributed by atoms with Crippen LogP contribution in [0.1, 0.15) is 25.3 Å². The molecule has 0 radical (unpaired) electrons. The number of hydrogen-bond acceptors (Lipinski definition) is 4. The van der Waals surface area contributed by atoms with Crippen LogP contribution in [0.25, 0.3) is 0 Å². The standard InChI is InChI=1S/C19H30N2O2/c1-16-15-21(13-14-23-16)18-8-11-20(12-9-18)10-7-17-3-5-19(22-2)6-4-17/h3-6,16,18H,7-15H2,1-2H3. The fourth-order valence-corrected chi connectivity index (χ4v) is 3.76. The molecule has 0 bridgehead atoms. The summed E-state index contributed by atoms with van der Waals surface area (Å²) >= 11 is 0. The van der Waals surface area contributed by atoms with E-state index in [1.807, 2.05) is 0 Å². The lowest BCUT2D eigenvalue weighted by atomic mass is 10.0. The van der Waals surface area contributed by atoms with Crippen molar-refractivity contribution >= 4 is 0 Å². The van der Waals surface area contributed by atoms with Crippen LogP contribution in [0.5, 0.6) is 5.75 Å². The minimum absolute atomic E-state index is 0.400. The molecule has 23 heavy (non-hydrogen) atoms. The van der Waals surface area contributed by atoms with E-state index in [1.165, 1.54) is 38.0 Å². The maximum Gasteiger partial charge on any atom is 0.118 e. The Balaban J connectivity index is 1.40. The molecule has 0 aromatic heterocycles. The van der Waals surface area contributed by atoms with Gasteiger partial charge in [-0.25, -0.2) is 0 Å². The van der Waals surface area contributed by atoms with Crippen molar-refractivity contribution in [2.75, 3.05) is 46.4 Å². The molecule has 0 amide bonds. The minimum Gasteiger partial charge on any atom is -0.497 e. The van der Waals surface area contributed by atoms with E-state index in [9.17, 15) is 0 Å². The molecule has 0 aliphatic carbocycles. The lowest BCUT2D eigenvalue weighted by Crippen LogP contribution is -2.51. The van der Waals surface area contributed by atoms with Gasteiger partial charge in [-0.3, -0.25) is 4.90 Å². The van der Waals surface area contributed by atoms with E-state index in [0.29, 0.717) is 6.10 Å². The average molecular weight is 318 g/mol. The van der Waals surface area contributed by atoms with Gasteiger partial charge in [0.15, 0.2) is 0 Å². The monoisotopic (exact) mass is 318 g/mol. The molecular formula is C19H30N2O2. The van der Waals surface area contributed by atoms with Crippen LogP contribution in [0.3, 0.4) is 0 Å². The summed E-state index contributed by atoms with van der Waals surface area (Å²) in [6.45, 7) is 8.93. The summed E-state index contributed by atoms with van der Waals surface area (Å²) in [6.07, 6.45) is 4.13. The molecule has 1 atom stereocenters. The van der Waals surface area contributed by atoms with Gasteiger partial charge in [0.25, 0.3) is 0 Å². The Morgan fingerprint density at radius 2 is 1.87 bits per heavy atom. The van der Waals surface area contributed by atoms with Gasteiger partial charge in [-0.15, -0.1) is 0 Å². The summed E-state index contributed by atoms with van der Waals surface area (Å²) in [5.41, 5.74) is 1.40. The summed E-state index contributed by atoms with van der Waals surface area (Å²) in [6, 6.07) is 9.24. The van der Waals surface area contributed by atoms with E-state index in [4.69, 9.17) is 9.47 Å². The molecule has 2 aliphatic rings. The van der Waals surface area contributed by atoms with Crippen LogP contribution < -0.4 is 4.74 Å². The lowest BCUT2D eigenvalue weighted by Gasteiger charge is -2.41. The quantitative estimate of drug-likeness (QED) is 0.832. The molecule has 0 N–H and O–H groups in total. The second-order valence-electron chi connectivity index (χ2n) is 6.85. The van der Waals surface area contributed by atoms with Gasteiger partial charge >= 0.3 is 0 Å². The summed E-state index contributed by atoms with van der Waals surface area (Å²) < 4.78 is 10.9. The lowest BCUT2D eigenvalue weighted by molar-refractivity contribution is -0.0433. The first-order valence-electron chi connectivity index (χ1n) is 8.95. The number of likely N-dealkylation sites (tertiary alicyclic amines) is 1. The highest BCUT2D eigenvalue weighted by Crippen LogP contribution is 2.20. The highest BCUT2D eigenvalue weighted by Gasteiger charge is 2.27. The van der Waals surface area contributed by atoms with Crippen LogP contribution in [0.2, 0.25) is 0 Å². The number of morpholine rings is 1. The third-order valence-electron chi connectivity index (χ3n) is 5.22. The van der Waals surface area contributed by atoms with E-state index < -0.39 is 0 Å². The first-order chi connectivity index (χ1) is 11.2. The predicted octanol–water partition coefficient (Wildman–Crippen LogP) is 2.42.